The number of nitrogen functional groups attached to an aromatic ring is 1. The number of carbonyl (C=O) groups excluding carboxylic acids is 1. The third-order valence-corrected chi connectivity index (χ3v) is 2.38. The van der Waals surface area contributed by atoms with Gasteiger partial charge < -0.3 is 15.8 Å². The summed E-state index contributed by atoms with van der Waals surface area (Å²) in [5.74, 6) is -0.0567. The monoisotopic (exact) mass is 242 g/mol. The van der Waals surface area contributed by atoms with Crippen LogP contribution in [0.3, 0.4) is 0 Å². The first-order valence-electron chi connectivity index (χ1n) is 4.97. The average molecular weight is 243 g/mol. The lowest BCUT2D eigenvalue weighted by molar-refractivity contribution is -0.116. The number of amides is 1. The number of ether oxygens (including phenoxy) is 1. The highest BCUT2D eigenvalue weighted by Gasteiger charge is 2.03. The molecular formula is C11H15ClN2O2. The van der Waals surface area contributed by atoms with Crippen molar-refractivity contribution in [3.05, 3.63) is 23.2 Å². The molecule has 0 saturated heterocycles. The van der Waals surface area contributed by atoms with E-state index in [1.165, 1.54) is 0 Å². The highest BCUT2D eigenvalue weighted by atomic mass is 35.5. The number of hydrogen-bond acceptors (Lipinski definition) is 3. The van der Waals surface area contributed by atoms with Gasteiger partial charge in [-0.2, -0.15) is 0 Å². The van der Waals surface area contributed by atoms with E-state index in [-0.39, 0.29) is 5.91 Å². The molecular weight excluding hydrogens is 228 g/mol. The summed E-state index contributed by atoms with van der Waals surface area (Å²) in [5, 5.41) is 3.22. The first-order chi connectivity index (χ1) is 7.63. The van der Waals surface area contributed by atoms with Gasteiger partial charge in [0.15, 0.2) is 0 Å². The molecule has 88 valence electrons. The van der Waals surface area contributed by atoms with Gasteiger partial charge in [0.05, 0.1) is 10.7 Å². The summed E-state index contributed by atoms with van der Waals surface area (Å²) in [6.45, 7) is 0.580. The van der Waals surface area contributed by atoms with Crippen LogP contribution in [-0.4, -0.2) is 19.6 Å². The summed E-state index contributed by atoms with van der Waals surface area (Å²) in [7, 11) is 1.61. The Balaban J connectivity index is 2.46. The molecule has 3 N–H and O–H groups in total. The van der Waals surface area contributed by atoms with Crippen LogP contribution >= 0.6 is 11.6 Å². The molecule has 0 unspecified atom stereocenters. The summed E-state index contributed by atoms with van der Waals surface area (Å²) in [4.78, 5) is 11.4. The van der Waals surface area contributed by atoms with Crippen LogP contribution in [0.25, 0.3) is 0 Å². The van der Waals surface area contributed by atoms with E-state index >= 15 is 0 Å². The Morgan fingerprint density at radius 2 is 2.31 bits per heavy atom. The molecule has 0 bridgehead atoms. The standard InChI is InChI=1S/C11H15ClN2O2/c1-16-6-2-3-11(15)14-8-4-5-9(12)10(13)7-8/h4-5,7H,2-3,6,13H2,1H3,(H,14,15). The highest BCUT2D eigenvalue weighted by molar-refractivity contribution is 6.33. The second kappa shape index (κ2) is 6.35. The number of methoxy groups -OCH3 is 1. The van der Waals surface area contributed by atoms with Gasteiger partial charge in [0.2, 0.25) is 5.91 Å². The van der Waals surface area contributed by atoms with Crippen molar-refractivity contribution in [1.29, 1.82) is 0 Å². The van der Waals surface area contributed by atoms with Gasteiger partial charge in [-0.1, -0.05) is 11.6 Å². The maximum absolute atomic E-state index is 11.4. The molecule has 0 aliphatic rings. The maximum atomic E-state index is 11.4. The van der Waals surface area contributed by atoms with Gasteiger partial charge in [-0.05, 0) is 24.6 Å². The fraction of sp³-hybridized carbons (Fsp3) is 0.364. The van der Waals surface area contributed by atoms with Crippen LogP contribution in [0, 0.1) is 0 Å². The van der Waals surface area contributed by atoms with Gasteiger partial charge in [-0.3, -0.25) is 4.79 Å². The number of anilines is 2. The Hall–Kier alpha value is -1.26. The van der Waals surface area contributed by atoms with Crippen LogP contribution < -0.4 is 11.1 Å². The Kier molecular flexibility index (Phi) is 5.08. The van der Waals surface area contributed by atoms with Crippen molar-refractivity contribution in [2.24, 2.45) is 0 Å². The van der Waals surface area contributed by atoms with E-state index in [1.807, 2.05) is 0 Å². The lowest BCUT2D eigenvalue weighted by Crippen LogP contribution is -2.12. The van der Waals surface area contributed by atoms with Gasteiger partial charge >= 0.3 is 0 Å². The minimum absolute atomic E-state index is 0.0567. The van der Waals surface area contributed by atoms with E-state index in [9.17, 15) is 4.79 Å². The molecule has 0 aliphatic heterocycles. The van der Waals surface area contributed by atoms with Crippen molar-refractivity contribution in [2.45, 2.75) is 12.8 Å². The molecule has 1 aromatic carbocycles. The van der Waals surface area contributed by atoms with Gasteiger partial charge in [-0.15, -0.1) is 0 Å². The van der Waals surface area contributed by atoms with E-state index in [2.05, 4.69) is 5.32 Å². The molecule has 0 aliphatic carbocycles. The quantitative estimate of drug-likeness (QED) is 0.615. The summed E-state index contributed by atoms with van der Waals surface area (Å²) >= 11 is 5.77. The largest absolute Gasteiger partial charge is 0.397 e. The molecule has 0 fully saturated rings. The molecule has 1 rings (SSSR count). The summed E-state index contributed by atoms with van der Waals surface area (Å²) < 4.78 is 4.86. The predicted octanol–water partition coefficient (Wildman–Crippen LogP) is 2.29. The van der Waals surface area contributed by atoms with Gasteiger partial charge in [0.25, 0.3) is 0 Å². The summed E-state index contributed by atoms with van der Waals surface area (Å²) in [5.41, 5.74) is 6.73. The number of rotatable bonds is 5. The van der Waals surface area contributed by atoms with Crippen molar-refractivity contribution in [3.63, 3.8) is 0 Å². The zero-order valence-electron chi connectivity index (χ0n) is 9.13. The topological polar surface area (TPSA) is 64.3 Å². The van der Waals surface area contributed by atoms with Gasteiger partial charge in [0, 0.05) is 25.8 Å². The smallest absolute Gasteiger partial charge is 0.224 e. The molecule has 1 amide bonds. The first-order valence-corrected chi connectivity index (χ1v) is 5.35. The van der Waals surface area contributed by atoms with Crippen LogP contribution in [-0.2, 0) is 9.53 Å². The third kappa shape index (κ3) is 4.08. The number of hydrogen-bond donors (Lipinski definition) is 2. The molecule has 0 spiro atoms. The van der Waals surface area contributed by atoms with Crippen LogP contribution in [0.2, 0.25) is 5.02 Å². The molecule has 0 atom stereocenters. The Labute approximate surface area is 99.7 Å². The third-order valence-electron chi connectivity index (χ3n) is 2.03. The van der Waals surface area contributed by atoms with Gasteiger partial charge in [-0.25, -0.2) is 0 Å². The number of nitrogens with one attached hydrogen (secondary N) is 1. The predicted molar refractivity (Wildman–Crippen MR) is 65.6 cm³/mol. The molecule has 0 aromatic heterocycles. The lowest BCUT2D eigenvalue weighted by atomic mass is 10.2. The summed E-state index contributed by atoms with van der Waals surface area (Å²) in [6, 6.07) is 5.01. The lowest BCUT2D eigenvalue weighted by Gasteiger charge is -2.06. The number of carbonyl (C=O) groups is 1. The number of benzene rings is 1. The van der Waals surface area contributed by atoms with Crippen LogP contribution in [0.1, 0.15) is 12.8 Å². The SMILES string of the molecule is COCCCC(=O)Nc1ccc(Cl)c(N)c1. The Bertz CT molecular complexity index is 369. The zero-order valence-corrected chi connectivity index (χ0v) is 9.88. The maximum Gasteiger partial charge on any atom is 0.224 e. The highest BCUT2D eigenvalue weighted by Crippen LogP contribution is 2.22. The molecule has 1 aromatic rings. The molecule has 16 heavy (non-hydrogen) atoms. The van der Waals surface area contributed by atoms with Crippen molar-refractivity contribution >= 4 is 28.9 Å². The van der Waals surface area contributed by atoms with Crippen molar-refractivity contribution in [2.75, 3.05) is 24.8 Å². The molecule has 4 nitrogen and oxygen atoms in total. The second-order valence-electron chi connectivity index (χ2n) is 3.38. The van der Waals surface area contributed by atoms with Crippen LogP contribution in [0.15, 0.2) is 18.2 Å². The van der Waals surface area contributed by atoms with Crippen LogP contribution in [0.5, 0.6) is 0 Å². The molecule has 5 heteroatoms. The minimum Gasteiger partial charge on any atom is -0.397 e. The van der Waals surface area contributed by atoms with E-state index in [4.69, 9.17) is 22.1 Å². The number of halogens is 1. The number of nitrogens with two attached hydrogens (primary N) is 1. The fourth-order valence-corrected chi connectivity index (χ4v) is 1.34. The Morgan fingerprint density at radius 3 is 2.94 bits per heavy atom. The van der Waals surface area contributed by atoms with E-state index in [0.717, 1.165) is 0 Å². The van der Waals surface area contributed by atoms with Gasteiger partial charge in [0.1, 0.15) is 0 Å². The fourth-order valence-electron chi connectivity index (χ4n) is 1.22. The first kappa shape index (κ1) is 12.8. The van der Waals surface area contributed by atoms with Crippen molar-refractivity contribution in [3.8, 4) is 0 Å². The zero-order chi connectivity index (χ0) is 12.0. The summed E-state index contributed by atoms with van der Waals surface area (Å²) in [6.07, 6.45) is 1.13. The van der Waals surface area contributed by atoms with Crippen molar-refractivity contribution < 1.29 is 9.53 Å². The van der Waals surface area contributed by atoms with Crippen LogP contribution in [0.4, 0.5) is 11.4 Å². The second-order valence-corrected chi connectivity index (χ2v) is 3.79. The molecule has 0 heterocycles. The van der Waals surface area contributed by atoms with Crippen molar-refractivity contribution in [1.82, 2.24) is 0 Å². The Morgan fingerprint density at radius 1 is 1.56 bits per heavy atom. The van der Waals surface area contributed by atoms with E-state index in [0.29, 0.717) is 35.8 Å². The molecule has 0 saturated carbocycles. The average Bonchev–Trinajstić information content (AvgIpc) is 2.24. The van der Waals surface area contributed by atoms with E-state index in [1.54, 1.807) is 25.3 Å². The van der Waals surface area contributed by atoms with E-state index < -0.39 is 0 Å². The minimum atomic E-state index is -0.0567. The molecule has 0 radical (unpaired) electrons. The normalized spacial score (nSPS) is 10.1.